The summed E-state index contributed by atoms with van der Waals surface area (Å²) in [6.07, 6.45) is -0.365. The van der Waals surface area contributed by atoms with Crippen LogP contribution >= 0.6 is 23.2 Å². The molecule has 1 rings (SSSR count). The van der Waals surface area contributed by atoms with Gasteiger partial charge in [-0.3, -0.25) is 0 Å². The van der Waals surface area contributed by atoms with E-state index in [1.165, 1.54) is 0 Å². The molecule has 2 nitrogen and oxygen atoms in total. The Kier molecular flexibility index (Phi) is 4.21. The summed E-state index contributed by atoms with van der Waals surface area (Å²) in [7, 11) is 0. The summed E-state index contributed by atoms with van der Waals surface area (Å²) in [6, 6.07) is 7.00. The number of hydrogen-bond acceptors (Lipinski definition) is 2. The summed E-state index contributed by atoms with van der Waals surface area (Å²) in [5.41, 5.74) is -0.297. The van der Waals surface area contributed by atoms with Gasteiger partial charge in [0, 0.05) is 15.6 Å². The van der Waals surface area contributed by atoms with E-state index >= 15 is 0 Å². The van der Waals surface area contributed by atoms with Crippen LogP contribution in [0, 0.1) is 16.7 Å². The smallest absolute Gasteiger partial charge is 0.0987 e. The lowest BCUT2D eigenvalue weighted by Crippen LogP contribution is -2.23. The standard InChI is InChI=1S/C12H13Cl2NO/c1-3-12(2,7-15)11(16)9-5-4-8(13)6-10(9)14/h4-6,11,16H,3H2,1-2H3. The lowest BCUT2D eigenvalue weighted by molar-refractivity contribution is 0.0723. The van der Waals surface area contributed by atoms with Gasteiger partial charge in [0.05, 0.1) is 17.6 Å². The lowest BCUT2D eigenvalue weighted by Gasteiger charge is -2.27. The van der Waals surface area contributed by atoms with Crippen LogP contribution in [0.4, 0.5) is 0 Å². The van der Waals surface area contributed by atoms with E-state index in [0.29, 0.717) is 22.0 Å². The summed E-state index contributed by atoms with van der Waals surface area (Å²) in [5, 5.41) is 20.1. The number of aliphatic hydroxyl groups excluding tert-OH is 1. The van der Waals surface area contributed by atoms with Crippen molar-refractivity contribution in [3.8, 4) is 6.07 Å². The molecule has 0 saturated heterocycles. The lowest BCUT2D eigenvalue weighted by atomic mass is 9.80. The SMILES string of the molecule is CCC(C)(C#N)C(O)c1ccc(Cl)cc1Cl. The van der Waals surface area contributed by atoms with Gasteiger partial charge < -0.3 is 5.11 Å². The zero-order valence-electron chi connectivity index (χ0n) is 9.17. The predicted octanol–water partition coefficient (Wildman–Crippen LogP) is 3.97. The van der Waals surface area contributed by atoms with Crippen LogP contribution in [0.1, 0.15) is 31.9 Å². The van der Waals surface area contributed by atoms with Gasteiger partial charge in [-0.15, -0.1) is 0 Å². The van der Waals surface area contributed by atoms with Crippen molar-refractivity contribution < 1.29 is 5.11 Å². The molecule has 0 fully saturated rings. The van der Waals surface area contributed by atoms with E-state index in [2.05, 4.69) is 6.07 Å². The molecule has 86 valence electrons. The van der Waals surface area contributed by atoms with Crippen LogP contribution in [0.5, 0.6) is 0 Å². The second kappa shape index (κ2) is 5.05. The van der Waals surface area contributed by atoms with Gasteiger partial charge in [0.25, 0.3) is 0 Å². The minimum absolute atomic E-state index is 0.384. The minimum Gasteiger partial charge on any atom is -0.387 e. The first-order valence-corrected chi connectivity index (χ1v) is 5.74. The largest absolute Gasteiger partial charge is 0.387 e. The molecule has 2 unspecified atom stereocenters. The second-order valence-corrected chi connectivity index (χ2v) is 4.79. The van der Waals surface area contributed by atoms with Gasteiger partial charge in [0.1, 0.15) is 0 Å². The number of hydrogen-bond donors (Lipinski definition) is 1. The van der Waals surface area contributed by atoms with Crippen LogP contribution in [0.15, 0.2) is 18.2 Å². The molecule has 0 spiro atoms. The van der Waals surface area contributed by atoms with E-state index < -0.39 is 11.5 Å². The van der Waals surface area contributed by atoms with E-state index in [1.54, 1.807) is 25.1 Å². The number of nitriles is 1. The van der Waals surface area contributed by atoms with Crippen LogP contribution in [-0.2, 0) is 0 Å². The Bertz CT molecular complexity index is 428. The average molecular weight is 258 g/mol. The highest BCUT2D eigenvalue weighted by molar-refractivity contribution is 6.35. The third kappa shape index (κ3) is 2.49. The number of aliphatic hydroxyl groups is 1. The van der Waals surface area contributed by atoms with Gasteiger partial charge in [-0.05, 0) is 25.5 Å². The summed E-state index contributed by atoms with van der Waals surface area (Å²) in [5.74, 6) is 0. The average Bonchev–Trinajstić information content (AvgIpc) is 2.27. The highest BCUT2D eigenvalue weighted by Crippen LogP contribution is 2.39. The number of benzene rings is 1. The van der Waals surface area contributed by atoms with Gasteiger partial charge in [-0.1, -0.05) is 36.2 Å². The number of rotatable bonds is 3. The summed E-state index contributed by atoms with van der Waals surface area (Å²) >= 11 is 11.8. The van der Waals surface area contributed by atoms with Crippen molar-refractivity contribution in [1.29, 1.82) is 5.26 Å². The van der Waals surface area contributed by atoms with Gasteiger partial charge in [-0.25, -0.2) is 0 Å². The summed E-state index contributed by atoms with van der Waals surface area (Å²) < 4.78 is 0. The van der Waals surface area contributed by atoms with Crippen LogP contribution in [-0.4, -0.2) is 5.11 Å². The Hall–Kier alpha value is -0.750. The fraction of sp³-hybridized carbons (Fsp3) is 0.417. The maximum Gasteiger partial charge on any atom is 0.0987 e. The Morgan fingerprint density at radius 1 is 1.50 bits per heavy atom. The van der Waals surface area contributed by atoms with Crippen molar-refractivity contribution >= 4 is 23.2 Å². The third-order valence-corrected chi connectivity index (χ3v) is 3.41. The molecular formula is C12H13Cl2NO. The van der Waals surface area contributed by atoms with Gasteiger partial charge >= 0.3 is 0 Å². The second-order valence-electron chi connectivity index (χ2n) is 3.95. The Morgan fingerprint density at radius 2 is 2.12 bits per heavy atom. The molecule has 0 aliphatic carbocycles. The first-order valence-electron chi connectivity index (χ1n) is 4.99. The topological polar surface area (TPSA) is 44.0 Å². The van der Waals surface area contributed by atoms with Crippen LogP contribution in [0.3, 0.4) is 0 Å². The highest BCUT2D eigenvalue weighted by atomic mass is 35.5. The molecular weight excluding hydrogens is 245 g/mol. The Morgan fingerprint density at radius 3 is 2.56 bits per heavy atom. The van der Waals surface area contributed by atoms with E-state index in [0.717, 1.165) is 0 Å². The van der Waals surface area contributed by atoms with E-state index in [9.17, 15) is 5.11 Å². The Labute approximate surface area is 105 Å². The van der Waals surface area contributed by atoms with Gasteiger partial charge in [0.2, 0.25) is 0 Å². The minimum atomic E-state index is -0.910. The zero-order valence-corrected chi connectivity index (χ0v) is 10.7. The van der Waals surface area contributed by atoms with Crippen LogP contribution in [0.2, 0.25) is 10.0 Å². The van der Waals surface area contributed by atoms with E-state index in [4.69, 9.17) is 28.5 Å². The summed E-state index contributed by atoms with van der Waals surface area (Å²) in [6.45, 7) is 3.57. The maximum atomic E-state index is 10.2. The first kappa shape index (κ1) is 13.3. The number of halogens is 2. The van der Waals surface area contributed by atoms with E-state index in [-0.39, 0.29) is 0 Å². The Balaban J connectivity index is 3.15. The highest BCUT2D eigenvalue weighted by Gasteiger charge is 2.33. The van der Waals surface area contributed by atoms with E-state index in [1.807, 2.05) is 6.92 Å². The molecule has 0 saturated carbocycles. The normalized spacial score (nSPS) is 16.2. The zero-order chi connectivity index (χ0) is 12.3. The monoisotopic (exact) mass is 257 g/mol. The molecule has 0 amide bonds. The quantitative estimate of drug-likeness (QED) is 0.891. The van der Waals surface area contributed by atoms with Gasteiger partial charge in [-0.2, -0.15) is 5.26 Å². The van der Waals surface area contributed by atoms with Crippen molar-refractivity contribution in [2.75, 3.05) is 0 Å². The van der Waals surface area contributed by atoms with Crippen LogP contribution < -0.4 is 0 Å². The van der Waals surface area contributed by atoms with Crippen molar-refractivity contribution in [2.24, 2.45) is 5.41 Å². The molecule has 1 aromatic rings. The fourth-order valence-corrected chi connectivity index (χ4v) is 1.91. The fourth-order valence-electron chi connectivity index (χ4n) is 1.40. The maximum absolute atomic E-state index is 10.2. The van der Waals surface area contributed by atoms with Crippen molar-refractivity contribution in [3.05, 3.63) is 33.8 Å². The molecule has 1 N–H and O–H groups in total. The first-order chi connectivity index (χ1) is 7.44. The molecule has 0 heterocycles. The molecule has 0 bridgehead atoms. The number of nitrogens with zero attached hydrogens (tertiary/aromatic N) is 1. The van der Waals surface area contributed by atoms with Crippen molar-refractivity contribution in [2.45, 2.75) is 26.4 Å². The molecule has 1 aromatic carbocycles. The molecule has 2 atom stereocenters. The van der Waals surface area contributed by atoms with Crippen molar-refractivity contribution in [1.82, 2.24) is 0 Å². The molecule has 0 aliphatic heterocycles. The molecule has 0 aromatic heterocycles. The molecule has 0 aliphatic rings. The van der Waals surface area contributed by atoms with Gasteiger partial charge in [0.15, 0.2) is 0 Å². The summed E-state index contributed by atoms with van der Waals surface area (Å²) in [4.78, 5) is 0. The van der Waals surface area contributed by atoms with Crippen LogP contribution in [0.25, 0.3) is 0 Å². The predicted molar refractivity (Wildman–Crippen MR) is 65.4 cm³/mol. The molecule has 16 heavy (non-hydrogen) atoms. The third-order valence-electron chi connectivity index (χ3n) is 2.85. The molecule has 4 heteroatoms. The van der Waals surface area contributed by atoms with Crippen molar-refractivity contribution in [3.63, 3.8) is 0 Å². The molecule has 0 radical (unpaired) electrons.